The smallest absolute Gasteiger partial charge is 0.333 e. The normalized spacial score (nSPS) is 55.1. The summed E-state index contributed by atoms with van der Waals surface area (Å²) < 4.78 is 17.8. The molecule has 0 aromatic carbocycles. The largest absolute Gasteiger partial charge is 0.457 e. The predicted molar refractivity (Wildman–Crippen MR) is 117 cm³/mol. The Kier molecular flexibility index (Phi) is 5.21. The van der Waals surface area contributed by atoms with Crippen LogP contribution in [-0.4, -0.2) is 86.5 Å². The third-order valence-electron chi connectivity index (χ3n) is 10.2. The summed E-state index contributed by atoms with van der Waals surface area (Å²) in [6, 6.07) is 0. The summed E-state index contributed by atoms with van der Waals surface area (Å²) in [6.07, 6.45) is -5.76. The number of rotatable bonds is 2. The van der Waals surface area contributed by atoms with E-state index in [0.717, 1.165) is 0 Å². The van der Waals surface area contributed by atoms with Gasteiger partial charge in [0, 0.05) is 22.8 Å². The van der Waals surface area contributed by atoms with Crippen molar-refractivity contribution in [2.24, 2.45) is 28.6 Å². The molecule has 2 aliphatic heterocycles. The minimum atomic E-state index is -2.02. The van der Waals surface area contributed by atoms with Crippen molar-refractivity contribution in [1.82, 2.24) is 0 Å². The lowest BCUT2D eigenvalue weighted by molar-refractivity contribution is -0.344. The van der Waals surface area contributed by atoms with Crippen LogP contribution in [0, 0.1) is 28.6 Å². The fourth-order valence-corrected chi connectivity index (χ4v) is 8.45. The van der Waals surface area contributed by atoms with Crippen LogP contribution in [0.4, 0.5) is 0 Å². The van der Waals surface area contributed by atoms with Gasteiger partial charge < -0.3 is 34.6 Å². The molecule has 10 heteroatoms. The molecule has 0 radical (unpaired) electrons. The van der Waals surface area contributed by atoms with Gasteiger partial charge in [-0.25, -0.2) is 4.79 Å². The lowest BCUT2D eigenvalue weighted by atomic mass is 9.35. The molecule has 2 bridgehead atoms. The van der Waals surface area contributed by atoms with Crippen molar-refractivity contribution in [3.8, 4) is 0 Å². The Morgan fingerprint density at radius 2 is 1.86 bits per heavy atom. The molecule has 5 fully saturated rings. The molecule has 2 heterocycles. The van der Waals surface area contributed by atoms with Gasteiger partial charge in [0.05, 0.1) is 24.5 Å². The number of aliphatic hydroxyl groups is 4. The fraction of sp³-hybridized carbons (Fsp3) is 0.800. The number of ketones is 1. The standard InChI is InChI=1S/C25H34O10/c1-6-10(2)21(31)35-16-14-11(3)7-12(26)18(29)22(14,4)17-15(28)19(30)23(5)25(32)8-13(27)34-20(16)24(17,25)9-33-23/h6,11-12,14-17,19-20,26,28,30,32H,7-9H2,1-5H3. The Labute approximate surface area is 203 Å². The third kappa shape index (κ3) is 2.59. The van der Waals surface area contributed by atoms with Crippen molar-refractivity contribution >= 4 is 17.7 Å². The maximum absolute atomic E-state index is 13.8. The van der Waals surface area contributed by atoms with E-state index in [9.17, 15) is 34.8 Å². The Hall–Kier alpha value is -1.85. The van der Waals surface area contributed by atoms with Crippen LogP contribution in [-0.2, 0) is 28.6 Å². The van der Waals surface area contributed by atoms with E-state index in [0.29, 0.717) is 5.57 Å². The molecule has 194 valence electrons. The Balaban J connectivity index is 1.80. The number of hydrogen-bond acceptors (Lipinski definition) is 10. The average Bonchev–Trinajstić information content (AvgIpc) is 2.97. The summed E-state index contributed by atoms with van der Waals surface area (Å²) in [6.45, 7) is 7.83. The van der Waals surface area contributed by atoms with Crippen LogP contribution in [0.3, 0.4) is 0 Å². The molecule has 10 nitrogen and oxygen atoms in total. The minimum absolute atomic E-state index is 0.0905. The summed E-state index contributed by atoms with van der Waals surface area (Å²) >= 11 is 0. The van der Waals surface area contributed by atoms with E-state index in [-0.39, 0.29) is 18.9 Å². The van der Waals surface area contributed by atoms with Gasteiger partial charge in [-0.1, -0.05) is 19.9 Å². The first-order valence-corrected chi connectivity index (χ1v) is 12.2. The van der Waals surface area contributed by atoms with Gasteiger partial charge in [-0.2, -0.15) is 0 Å². The second-order valence-corrected chi connectivity index (χ2v) is 11.5. The second kappa shape index (κ2) is 7.35. The molecular formula is C25H34O10. The number of carbonyl (C=O) groups is 3. The maximum atomic E-state index is 13.8. The number of allylic oxidation sites excluding steroid dienone is 1. The molecule has 12 atom stereocenters. The van der Waals surface area contributed by atoms with Gasteiger partial charge in [0.25, 0.3) is 0 Å². The van der Waals surface area contributed by atoms with Crippen LogP contribution in [0.2, 0.25) is 0 Å². The van der Waals surface area contributed by atoms with Gasteiger partial charge in [-0.3, -0.25) is 9.59 Å². The van der Waals surface area contributed by atoms with Crippen LogP contribution in [0.15, 0.2) is 11.6 Å². The van der Waals surface area contributed by atoms with Crippen molar-refractivity contribution in [3.05, 3.63) is 11.6 Å². The van der Waals surface area contributed by atoms with E-state index in [1.54, 1.807) is 33.8 Å². The molecule has 0 aromatic rings. The highest BCUT2D eigenvalue weighted by Gasteiger charge is 2.88. The molecule has 5 rings (SSSR count). The van der Waals surface area contributed by atoms with E-state index in [1.807, 2.05) is 0 Å². The van der Waals surface area contributed by atoms with Crippen LogP contribution in [0.5, 0.6) is 0 Å². The molecular weight excluding hydrogens is 460 g/mol. The zero-order valence-corrected chi connectivity index (χ0v) is 20.6. The highest BCUT2D eigenvalue weighted by Crippen LogP contribution is 2.73. The molecule has 0 aromatic heterocycles. The number of carbonyl (C=O) groups excluding carboxylic acids is 3. The Bertz CT molecular complexity index is 1020. The molecule has 1 spiro atoms. The molecule has 4 N–H and O–H groups in total. The van der Waals surface area contributed by atoms with Crippen LogP contribution in [0.1, 0.15) is 47.5 Å². The van der Waals surface area contributed by atoms with Crippen molar-refractivity contribution in [3.63, 3.8) is 0 Å². The molecule has 3 aliphatic carbocycles. The lowest BCUT2D eigenvalue weighted by Gasteiger charge is -2.70. The summed E-state index contributed by atoms with van der Waals surface area (Å²) in [4.78, 5) is 39.6. The maximum Gasteiger partial charge on any atom is 0.333 e. The van der Waals surface area contributed by atoms with E-state index >= 15 is 0 Å². The Morgan fingerprint density at radius 3 is 2.49 bits per heavy atom. The van der Waals surface area contributed by atoms with Gasteiger partial charge >= 0.3 is 11.9 Å². The minimum Gasteiger partial charge on any atom is -0.457 e. The zero-order chi connectivity index (χ0) is 25.9. The van der Waals surface area contributed by atoms with Gasteiger partial charge in [-0.05, 0) is 33.1 Å². The summed E-state index contributed by atoms with van der Waals surface area (Å²) in [5.41, 5.74) is -6.55. The predicted octanol–water partition coefficient (Wildman–Crippen LogP) is -0.356. The number of ether oxygens (including phenoxy) is 3. The highest BCUT2D eigenvalue weighted by molar-refractivity contribution is 5.91. The molecule has 2 saturated heterocycles. The van der Waals surface area contributed by atoms with Gasteiger partial charge in [-0.15, -0.1) is 0 Å². The topological polar surface area (TPSA) is 160 Å². The second-order valence-electron chi connectivity index (χ2n) is 11.5. The van der Waals surface area contributed by atoms with Crippen LogP contribution in [0.25, 0.3) is 0 Å². The van der Waals surface area contributed by atoms with Crippen molar-refractivity contribution in [2.45, 2.75) is 89.2 Å². The lowest BCUT2D eigenvalue weighted by Crippen LogP contribution is -2.85. The first kappa shape index (κ1) is 24.8. The number of fused-ring (bicyclic) bond motifs is 2. The monoisotopic (exact) mass is 494 g/mol. The van der Waals surface area contributed by atoms with E-state index < -0.39 is 88.5 Å². The van der Waals surface area contributed by atoms with Crippen molar-refractivity contribution in [1.29, 1.82) is 0 Å². The molecule has 5 aliphatic rings. The van der Waals surface area contributed by atoms with Gasteiger partial charge in [0.2, 0.25) is 0 Å². The highest BCUT2D eigenvalue weighted by atomic mass is 16.6. The fourth-order valence-electron chi connectivity index (χ4n) is 8.45. The molecule has 12 unspecified atom stereocenters. The van der Waals surface area contributed by atoms with Gasteiger partial charge in [0.15, 0.2) is 5.78 Å². The van der Waals surface area contributed by atoms with E-state index in [4.69, 9.17) is 14.2 Å². The summed E-state index contributed by atoms with van der Waals surface area (Å²) in [5, 5.41) is 45.7. The first-order valence-electron chi connectivity index (χ1n) is 12.2. The Morgan fingerprint density at radius 1 is 1.20 bits per heavy atom. The number of hydrogen-bond donors (Lipinski definition) is 4. The quantitative estimate of drug-likeness (QED) is 0.295. The first-order chi connectivity index (χ1) is 16.2. The average molecular weight is 495 g/mol. The summed E-state index contributed by atoms with van der Waals surface area (Å²) in [5.74, 6) is -4.28. The van der Waals surface area contributed by atoms with Gasteiger partial charge in [0.1, 0.15) is 35.6 Å². The number of aliphatic hydroxyl groups excluding tert-OH is 3. The van der Waals surface area contributed by atoms with Crippen LogP contribution < -0.4 is 0 Å². The summed E-state index contributed by atoms with van der Waals surface area (Å²) in [7, 11) is 0. The molecule has 35 heavy (non-hydrogen) atoms. The van der Waals surface area contributed by atoms with Crippen LogP contribution >= 0.6 is 0 Å². The number of esters is 2. The van der Waals surface area contributed by atoms with E-state index in [2.05, 4.69) is 0 Å². The third-order valence-corrected chi connectivity index (χ3v) is 10.2. The van der Waals surface area contributed by atoms with E-state index in [1.165, 1.54) is 6.92 Å². The SMILES string of the molecule is CC=C(C)C(=O)OC1C2C(C)CC(O)C(=O)C2(C)C2C(O)C(O)C3(C)OCC24C1OC(=O)CC34O. The van der Waals surface area contributed by atoms with Crippen molar-refractivity contribution < 1.29 is 49.0 Å². The zero-order valence-electron chi connectivity index (χ0n) is 20.6. The molecule has 0 amide bonds. The number of Topliss-reactive ketones (excluding diaryl/α,β-unsaturated/α-hetero) is 1. The van der Waals surface area contributed by atoms with Crippen molar-refractivity contribution in [2.75, 3.05) is 6.61 Å². The molecule has 3 saturated carbocycles.